The number of nitrogens with zero attached hydrogens (tertiary/aromatic N) is 2. The number of hydrogen-bond acceptors (Lipinski definition) is 4. The molecule has 4 heteroatoms. The predicted octanol–water partition coefficient (Wildman–Crippen LogP) is 2.66. The van der Waals surface area contributed by atoms with Crippen LogP contribution in [0.5, 0.6) is 0 Å². The van der Waals surface area contributed by atoms with Crippen molar-refractivity contribution in [2.75, 3.05) is 25.0 Å². The SMILES string of the molecule is CCN(CCNc1nc(C)c(C)s1)C1CC1. The largest absolute Gasteiger partial charge is 0.360 e. The van der Waals surface area contributed by atoms with E-state index in [1.807, 2.05) is 0 Å². The van der Waals surface area contributed by atoms with Crippen molar-refractivity contribution in [3.63, 3.8) is 0 Å². The number of aryl methyl sites for hydroxylation is 2. The fourth-order valence-electron chi connectivity index (χ4n) is 1.89. The lowest BCUT2D eigenvalue weighted by Gasteiger charge is -2.19. The molecule has 0 aliphatic heterocycles. The molecule has 90 valence electrons. The van der Waals surface area contributed by atoms with Crippen LogP contribution in [-0.2, 0) is 0 Å². The van der Waals surface area contributed by atoms with Crippen molar-refractivity contribution in [3.05, 3.63) is 10.6 Å². The maximum Gasteiger partial charge on any atom is 0.183 e. The highest BCUT2D eigenvalue weighted by molar-refractivity contribution is 7.15. The van der Waals surface area contributed by atoms with Crippen molar-refractivity contribution in [1.29, 1.82) is 0 Å². The minimum absolute atomic E-state index is 0.867. The summed E-state index contributed by atoms with van der Waals surface area (Å²) in [6.45, 7) is 9.76. The monoisotopic (exact) mass is 239 g/mol. The molecule has 1 aromatic heterocycles. The van der Waals surface area contributed by atoms with Gasteiger partial charge in [-0.15, -0.1) is 11.3 Å². The molecule has 1 saturated carbocycles. The van der Waals surface area contributed by atoms with Gasteiger partial charge in [0, 0.05) is 24.0 Å². The summed E-state index contributed by atoms with van der Waals surface area (Å²) in [4.78, 5) is 8.35. The molecule has 0 amide bonds. The van der Waals surface area contributed by atoms with Crippen LogP contribution in [0.1, 0.15) is 30.3 Å². The molecule has 1 aliphatic carbocycles. The Hall–Kier alpha value is -0.610. The van der Waals surface area contributed by atoms with Crippen molar-refractivity contribution in [2.24, 2.45) is 0 Å². The van der Waals surface area contributed by atoms with Crippen molar-refractivity contribution in [1.82, 2.24) is 9.88 Å². The van der Waals surface area contributed by atoms with Gasteiger partial charge in [0.15, 0.2) is 5.13 Å². The Morgan fingerprint density at radius 3 is 2.69 bits per heavy atom. The zero-order chi connectivity index (χ0) is 11.5. The van der Waals surface area contributed by atoms with E-state index in [2.05, 4.69) is 36.0 Å². The first-order valence-corrected chi connectivity index (χ1v) is 6.94. The average molecular weight is 239 g/mol. The van der Waals surface area contributed by atoms with Gasteiger partial charge in [0.2, 0.25) is 0 Å². The maximum absolute atomic E-state index is 4.48. The Balaban J connectivity index is 1.74. The van der Waals surface area contributed by atoms with Gasteiger partial charge < -0.3 is 5.32 Å². The quantitative estimate of drug-likeness (QED) is 0.827. The van der Waals surface area contributed by atoms with Crippen LogP contribution in [0.3, 0.4) is 0 Å². The number of aromatic nitrogens is 1. The van der Waals surface area contributed by atoms with E-state index in [0.29, 0.717) is 0 Å². The van der Waals surface area contributed by atoms with Gasteiger partial charge in [-0.3, -0.25) is 4.90 Å². The molecule has 0 spiro atoms. The second-order valence-corrected chi connectivity index (χ2v) is 5.65. The summed E-state index contributed by atoms with van der Waals surface area (Å²) in [5.74, 6) is 0. The first-order valence-electron chi connectivity index (χ1n) is 6.12. The average Bonchev–Trinajstić information content (AvgIpc) is 3.03. The van der Waals surface area contributed by atoms with E-state index in [-0.39, 0.29) is 0 Å². The molecule has 0 unspecified atom stereocenters. The fourth-order valence-corrected chi connectivity index (χ4v) is 2.73. The van der Waals surface area contributed by atoms with Gasteiger partial charge in [0.05, 0.1) is 5.69 Å². The van der Waals surface area contributed by atoms with E-state index in [1.54, 1.807) is 11.3 Å². The highest BCUT2D eigenvalue weighted by Gasteiger charge is 2.27. The van der Waals surface area contributed by atoms with Crippen LogP contribution < -0.4 is 5.32 Å². The molecule has 0 bridgehead atoms. The number of likely N-dealkylation sites (N-methyl/N-ethyl adjacent to an activating group) is 1. The zero-order valence-corrected chi connectivity index (χ0v) is 11.2. The predicted molar refractivity (Wildman–Crippen MR) is 70.3 cm³/mol. The van der Waals surface area contributed by atoms with Gasteiger partial charge in [-0.1, -0.05) is 6.92 Å². The summed E-state index contributed by atoms with van der Waals surface area (Å²) in [7, 11) is 0. The van der Waals surface area contributed by atoms with E-state index in [4.69, 9.17) is 0 Å². The smallest absolute Gasteiger partial charge is 0.183 e. The summed E-state index contributed by atoms with van der Waals surface area (Å²) in [6, 6.07) is 0.867. The molecule has 16 heavy (non-hydrogen) atoms. The Bertz CT molecular complexity index is 325. The zero-order valence-electron chi connectivity index (χ0n) is 10.4. The van der Waals surface area contributed by atoms with Crippen LogP contribution in [0.25, 0.3) is 0 Å². The van der Waals surface area contributed by atoms with Gasteiger partial charge in [-0.2, -0.15) is 0 Å². The number of nitrogens with one attached hydrogen (secondary N) is 1. The van der Waals surface area contributed by atoms with E-state index in [1.165, 1.54) is 24.3 Å². The van der Waals surface area contributed by atoms with Gasteiger partial charge >= 0.3 is 0 Å². The molecule has 0 atom stereocenters. The second-order valence-electron chi connectivity index (χ2n) is 4.45. The minimum Gasteiger partial charge on any atom is -0.360 e. The first-order chi connectivity index (χ1) is 7.70. The Morgan fingerprint density at radius 2 is 2.19 bits per heavy atom. The topological polar surface area (TPSA) is 28.2 Å². The van der Waals surface area contributed by atoms with Crippen LogP contribution >= 0.6 is 11.3 Å². The molecule has 1 aromatic rings. The Labute approximate surface area is 102 Å². The van der Waals surface area contributed by atoms with Crippen molar-refractivity contribution >= 4 is 16.5 Å². The summed E-state index contributed by atoms with van der Waals surface area (Å²) >= 11 is 1.76. The third-order valence-electron chi connectivity index (χ3n) is 3.17. The number of hydrogen-bond donors (Lipinski definition) is 1. The summed E-state index contributed by atoms with van der Waals surface area (Å²) in [6.07, 6.45) is 2.78. The molecule has 0 aromatic carbocycles. The molecule has 0 radical (unpaired) electrons. The molecule has 1 N–H and O–H groups in total. The third-order valence-corrected chi connectivity index (χ3v) is 4.20. The van der Waals surface area contributed by atoms with Crippen molar-refractivity contribution < 1.29 is 0 Å². The van der Waals surface area contributed by atoms with Crippen LogP contribution in [0, 0.1) is 13.8 Å². The third kappa shape index (κ3) is 2.95. The maximum atomic E-state index is 4.48. The lowest BCUT2D eigenvalue weighted by Crippen LogP contribution is -2.30. The van der Waals surface area contributed by atoms with E-state index >= 15 is 0 Å². The van der Waals surface area contributed by atoms with Crippen LogP contribution in [0.2, 0.25) is 0 Å². The van der Waals surface area contributed by atoms with E-state index < -0.39 is 0 Å². The van der Waals surface area contributed by atoms with Crippen LogP contribution in [0.15, 0.2) is 0 Å². The molecule has 0 saturated heterocycles. The normalized spacial score (nSPS) is 15.8. The molecular weight excluding hydrogens is 218 g/mol. The Kier molecular flexibility index (Phi) is 3.82. The summed E-state index contributed by atoms with van der Waals surface area (Å²) in [5.41, 5.74) is 1.15. The molecule has 1 heterocycles. The van der Waals surface area contributed by atoms with E-state index in [0.717, 1.165) is 30.0 Å². The van der Waals surface area contributed by atoms with Gasteiger partial charge in [0.25, 0.3) is 0 Å². The van der Waals surface area contributed by atoms with Gasteiger partial charge in [0.1, 0.15) is 0 Å². The summed E-state index contributed by atoms with van der Waals surface area (Å²) in [5, 5.41) is 4.49. The lowest BCUT2D eigenvalue weighted by atomic mass is 10.4. The summed E-state index contributed by atoms with van der Waals surface area (Å²) < 4.78 is 0. The molecule has 3 nitrogen and oxygen atoms in total. The molecule has 1 fully saturated rings. The van der Waals surface area contributed by atoms with Gasteiger partial charge in [-0.25, -0.2) is 4.98 Å². The highest BCUT2D eigenvalue weighted by atomic mass is 32.1. The first kappa shape index (κ1) is 11.9. The standard InChI is InChI=1S/C12H21N3S/c1-4-15(11-5-6-11)8-7-13-12-14-9(2)10(3)16-12/h11H,4-8H2,1-3H3,(H,13,14). The van der Waals surface area contributed by atoms with Crippen LogP contribution in [0.4, 0.5) is 5.13 Å². The Morgan fingerprint density at radius 1 is 1.44 bits per heavy atom. The van der Waals surface area contributed by atoms with Crippen molar-refractivity contribution in [2.45, 2.75) is 39.7 Å². The lowest BCUT2D eigenvalue weighted by molar-refractivity contribution is 0.289. The van der Waals surface area contributed by atoms with Crippen LogP contribution in [-0.4, -0.2) is 35.6 Å². The van der Waals surface area contributed by atoms with E-state index in [9.17, 15) is 0 Å². The van der Waals surface area contributed by atoms with Crippen molar-refractivity contribution in [3.8, 4) is 0 Å². The molecule has 2 rings (SSSR count). The minimum atomic E-state index is 0.867. The number of thiazole rings is 1. The fraction of sp³-hybridized carbons (Fsp3) is 0.750. The molecular formula is C12H21N3S. The number of rotatable bonds is 6. The molecule has 1 aliphatic rings. The second kappa shape index (κ2) is 5.15. The van der Waals surface area contributed by atoms with Gasteiger partial charge in [-0.05, 0) is 33.2 Å². The highest BCUT2D eigenvalue weighted by Crippen LogP contribution is 2.26. The number of anilines is 1.